The van der Waals surface area contributed by atoms with Gasteiger partial charge in [0.25, 0.3) is 17.4 Å². The molecule has 100 valence electrons. The number of carbonyl (C=O) groups is 2. The topological polar surface area (TPSA) is 67.4 Å². The highest BCUT2D eigenvalue weighted by molar-refractivity contribution is 6.15. The lowest BCUT2D eigenvalue weighted by molar-refractivity contribution is -0.146. The number of ether oxygens (including phenoxy) is 1. The second-order valence-electron chi connectivity index (χ2n) is 5.24. The molecule has 1 aromatic rings. The van der Waals surface area contributed by atoms with E-state index in [9.17, 15) is 9.59 Å². The highest BCUT2D eigenvalue weighted by atomic mass is 16.5. The van der Waals surface area contributed by atoms with Gasteiger partial charge in [0.2, 0.25) is 0 Å². The minimum absolute atomic E-state index is 0.383. The molecule has 5 heteroatoms. The number of hydrogen-bond donors (Lipinski definition) is 2. The van der Waals surface area contributed by atoms with Crippen LogP contribution in [0.2, 0.25) is 0 Å². The summed E-state index contributed by atoms with van der Waals surface area (Å²) in [5.74, 6) is 0.267. The Bertz CT molecular complexity index is 539. The van der Waals surface area contributed by atoms with E-state index < -0.39 is 11.5 Å². The fourth-order valence-corrected chi connectivity index (χ4v) is 2.04. The first-order valence-corrected chi connectivity index (χ1v) is 6.47. The van der Waals surface area contributed by atoms with Crippen molar-refractivity contribution in [3.8, 4) is 5.75 Å². The Kier molecular flexibility index (Phi) is 2.69. The van der Waals surface area contributed by atoms with Gasteiger partial charge in [-0.2, -0.15) is 0 Å². The maximum absolute atomic E-state index is 12.2. The van der Waals surface area contributed by atoms with Crippen LogP contribution < -0.4 is 15.4 Å². The molecule has 0 saturated heterocycles. The second-order valence-corrected chi connectivity index (χ2v) is 5.24. The van der Waals surface area contributed by atoms with Crippen molar-refractivity contribution >= 4 is 17.5 Å². The average molecular weight is 260 g/mol. The maximum atomic E-state index is 12.2. The molecule has 1 aromatic carbocycles. The van der Waals surface area contributed by atoms with Crippen molar-refractivity contribution in [2.45, 2.75) is 25.4 Å². The summed E-state index contributed by atoms with van der Waals surface area (Å²) in [5, 5.41) is 5.50. The summed E-state index contributed by atoms with van der Waals surface area (Å²) in [7, 11) is 0. The first-order valence-electron chi connectivity index (χ1n) is 6.47. The monoisotopic (exact) mass is 260 g/mol. The highest BCUT2D eigenvalue weighted by Crippen LogP contribution is 2.33. The Labute approximate surface area is 111 Å². The molecule has 1 aliphatic heterocycles. The summed E-state index contributed by atoms with van der Waals surface area (Å²) in [6, 6.07) is 7.09. The zero-order valence-corrected chi connectivity index (χ0v) is 10.7. The van der Waals surface area contributed by atoms with Crippen molar-refractivity contribution in [3.63, 3.8) is 0 Å². The minimum Gasteiger partial charge on any atom is -0.466 e. The maximum Gasteiger partial charge on any atom is 0.278 e. The van der Waals surface area contributed by atoms with Crippen LogP contribution >= 0.6 is 0 Å². The summed E-state index contributed by atoms with van der Waals surface area (Å²) in [6.45, 7) is 2.12. The fourth-order valence-electron chi connectivity index (χ4n) is 2.04. The van der Waals surface area contributed by atoms with E-state index in [0.29, 0.717) is 23.9 Å². The van der Waals surface area contributed by atoms with Gasteiger partial charge < -0.3 is 15.4 Å². The van der Waals surface area contributed by atoms with Crippen LogP contribution in [-0.2, 0) is 9.59 Å². The van der Waals surface area contributed by atoms with E-state index in [2.05, 4.69) is 10.6 Å². The van der Waals surface area contributed by atoms with Crippen molar-refractivity contribution in [2.24, 2.45) is 5.92 Å². The second kappa shape index (κ2) is 4.26. The smallest absolute Gasteiger partial charge is 0.278 e. The van der Waals surface area contributed by atoms with E-state index in [1.54, 1.807) is 24.3 Å². The molecule has 2 amide bonds. The first kappa shape index (κ1) is 12.0. The van der Waals surface area contributed by atoms with Gasteiger partial charge in [-0.3, -0.25) is 9.59 Å². The quantitative estimate of drug-likeness (QED) is 0.805. The lowest BCUT2D eigenvalue weighted by Crippen LogP contribution is -2.58. The van der Waals surface area contributed by atoms with Crippen molar-refractivity contribution < 1.29 is 14.3 Å². The van der Waals surface area contributed by atoms with E-state index in [4.69, 9.17) is 4.74 Å². The molecule has 19 heavy (non-hydrogen) atoms. The Balaban J connectivity index is 1.79. The number of benzene rings is 1. The Morgan fingerprint density at radius 1 is 1.47 bits per heavy atom. The third-order valence-electron chi connectivity index (χ3n) is 3.56. The number of carbonyl (C=O) groups excluding carboxylic acids is 2. The van der Waals surface area contributed by atoms with Gasteiger partial charge in [0.05, 0.1) is 5.69 Å². The van der Waals surface area contributed by atoms with Crippen LogP contribution in [-0.4, -0.2) is 24.0 Å². The lowest BCUT2D eigenvalue weighted by Gasteiger charge is -2.33. The molecule has 5 nitrogen and oxygen atoms in total. The van der Waals surface area contributed by atoms with Gasteiger partial charge in [0, 0.05) is 6.54 Å². The number of nitrogens with one attached hydrogen (secondary N) is 2. The summed E-state index contributed by atoms with van der Waals surface area (Å²) >= 11 is 0. The average Bonchev–Trinajstić information content (AvgIpc) is 3.21. The third kappa shape index (κ3) is 2.16. The van der Waals surface area contributed by atoms with Crippen LogP contribution in [0.5, 0.6) is 5.75 Å². The third-order valence-corrected chi connectivity index (χ3v) is 3.56. The van der Waals surface area contributed by atoms with Gasteiger partial charge in [0.1, 0.15) is 5.75 Å². The molecule has 1 atom stereocenters. The molecule has 1 aliphatic carbocycles. The largest absolute Gasteiger partial charge is 0.466 e. The molecule has 0 bridgehead atoms. The number of anilines is 1. The molecule has 0 unspecified atom stereocenters. The molecule has 1 heterocycles. The van der Waals surface area contributed by atoms with Crippen LogP contribution in [0.1, 0.15) is 19.8 Å². The molecular formula is C14H16N2O3. The predicted octanol–water partition coefficient (Wildman–Crippen LogP) is 1.30. The molecule has 0 spiro atoms. The molecule has 2 aliphatic rings. The normalized spacial score (nSPS) is 25.0. The van der Waals surface area contributed by atoms with Gasteiger partial charge in [-0.15, -0.1) is 0 Å². The summed E-state index contributed by atoms with van der Waals surface area (Å²) in [5.41, 5.74) is -0.900. The number of para-hydroxylation sites is 2. The fraction of sp³-hybridized carbons (Fsp3) is 0.429. The van der Waals surface area contributed by atoms with E-state index >= 15 is 0 Å². The standard InChI is InChI=1S/C14H16N2O3/c1-14(12(17)15-8-9-6-7-9)13(18)16-10-4-2-3-5-11(10)19-14/h2-5,9H,6-8H2,1H3,(H,15,17)(H,16,18)/t14-/m1/s1. The minimum atomic E-state index is -1.50. The molecular weight excluding hydrogens is 244 g/mol. The van der Waals surface area contributed by atoms with Gasteiger partial charge in [-0.05, 0) is 37.8 Å². The molecule has 3 rings (SSSR count). The summed E-state index contributed by atoms with van der Waals surface area (Å²) in [4.78, 5) is 24.3. The summed E-state index contributed by atoms with van der Waals surface area (Å²) < 4.78 is 5.62. The van der Waals surface area contributed by atoms with Gasteiger partial charge in [-0.25, -0.2) is 0 Å². The number of hydrogen-bond acceptors (Lipinski definition) is 3. The predicted molar refractivity (Wildman–Crippen MR) is 69.8 cm³/mol. The first-order chi connectivity index (χ1) is 9.09. The molecule has 0 aromatic heterocycles. The Morgan fingerprint density at radius 3 is 2.95 bits per heavy atom. The number of rotatable bonds is 3. The number of amides is 2. The van der Waals surface area contributed by atoms with Crippen LogP contribution in [0.25, 0.3) is 0 Å². The van der Waals surface area contributed by atoms with Crippen molar-refractivity contribution in [3.05, 3.63) is 24.3 Å². The Hall–Kier alpha value is -2.04. The molecule has 1 saturated carbocycles. The van der Waals surface area contributed by atoms with Gasteiger partial charge >= 0.3 is 0 Å². The summed E-state index contributed by atoms with van der Waals surface area (Å²) in [6.07, 6.45) is 2.29. The molecule has 1 fully saturated rings. The van der Waals surface area contributed by atoms with Crippen molar-refractivity contribution in [1.82, 2.24) is 5.32 Å². The lowest BCUT2D eigenvalue weighted by atomic mass is 10.0. The van der Waals surface area contributed by atoms with Crippen LogP contribution in [0.3, 0.4) is 0 Å². The molecule has 0 radical (unpaired) electrons. The van der Waals surface area contributed by atoms with Crippen molar-refractivity contribution in [2.75, 3.05) is 11.9 Å². The van der Waals surface area contributed by atoms with Crippen LogP contribution in [0, 0.1) is 5.92 Å². The number of fused-ring (bicyclic) bond motifs is 1. The Morgan fingerprint density at radius 2 is 2.21 bits per heavy atom. The van der Waals surface area contributed by atoms with E-state index in [-0.39, 0.29) is 5.91 Å². The SMILES string of the molecule is C[C@]1(C(=O)NCC2CC2)Oc2ccccc2NC1=O. The van der Waals surface area contributed by atoms with E-state index in [1.807, 2.05) is 0 Å². The van der Waals surface area contributed by atoms with E-state index in [1.165, 1.54) is 6.92 Å². The van der Waals surface area contributed by atoms with E-state index in [0.717, 1.165) is 12.8 Å². The van der Waals surface area contributed by atoms with Gasteiger partial charge in [0.15, 0.2) is 0 Å². The zero-order chi connectivity index (χ0) is 13.5. The zero-order valence-electron chi connectivity index (χ0n) is 10.7. The highest BCUT2D eigenvalue weighted by Gasteiger charge is 2.47. The van der Waals surface area contributed by atoms with Gasteiger partial charge in [-0.1, -0.05) is 12.1 Å². The van der Waals surface area contributed by atoms with Crippen LogP contribution in [0.15, 0.2) is 24.3 Å². The molecule has 2 N–H and O–H groups in total. The van der Waals surface area contributed by atoms with Crippen molar-refractivity contribution in [1.29, 1.82) is 0 Å². The van der Waals surface area contributed by atoms with Crippen LogP contribution in [0.4, 0.5) is 5.69 Å².